The Labute approximate surface area is 115 Å². The molecular formula is C14H21Cl2N. The molecule has 0 radical (unpaired) electrons. The summed E-state index contributed by atoms with van der Waals surface area (Å²) in [7, 11) is 1.98. The van der Waals surface area contributed by atoms with E-state index in [4.69, 9.17) is 23.2 Å². The van der Waals surface area contributed by atoms with Gasteiger partial charge in [0.05, 0.1) is 0 Å². The molecule has 0 aliphatic carbocycles. The lowest BCUT2D eigenvalue weighted by molar-refractivity contribution is 0.407. The highest BCUT2D eigenvalue weighted by Gasteiger charge is 2.16. The van der Waals surface area contributed by atoms with E-state index in [1.165, 1.54) is 12.8 Å². The van der Waals surface area contributed by atoms with Crippen molar-refractivity contribution in [1.29, 1.82) is 0 Å². The topological polar surface area (TPSA) is 12.0 Å². The minimum absolute atomic E-state index is 0.307. The molecule has 0 saturated carbocycles. The summed E-state index contributed by atoms with van der Waals surface area (Å²) in [5.74, 6) is 0.698. The van der Waals surface area contributed by atoms with Crippen molar-refractivity contribution in [2.75, 3.05) is 7.05 Å². The van der Waals surface area contributed by atoms with Crippen molar-refractivity contribution in [3.05, 3.63) is 33.8 Å². The summed E-state index contributed by atoms with van der Waals surface area (Å²) >= 11 is 12.2. The summed E-state index contributed by atoms with van der Waals surface area (Å²) in [5.41, 5.74) is 1.14. The monoisotopic (exact) mass is 273 g/mol. The number of benzene rings is 1. The molecule has 1 aromatic carbocycles. The first-order valence-corrected chi connectivity index (χ1v) is 6.96. The number of hydrogen-bond acceptors (Lipinski definition) is 1. The number of nitrogens with one attached hydrogen (secondary N) is 1. The molecule has 0 bridgehead atoms. The molecule has 0 heterocycles. The summed E-state index contributed by atoms with van der Waals surface area (Å²) < 4.78 is 0. The van der Waals surface area contributed by atoms with Crippen LogP contribution in [0.4, 0.5) is 0 Å². The second kappa shape index (κ2) is 7.25. The lowest BCUT2D eigenvalue weighted by Crippen LogP contribution is -2.19. The van der Waals surface area contributed by atoms with Gasteiger partial charge in [-0.05, 0) is 37.1 Å². The average Bonchev–Trinajstić information content (AvgIpc) is 2.27. The van der Waals surface area contributed by atoms with E-state index in [0.29, 0.717) is 17.0 Å². The van der Waals surface area contributed by atoms with E-state index in [2.05, 4.69) is 19.2 Å². The Hall–Kier alpha value is -0.240. The number of halogens is 2. The Bertz CT molecular complexity index is 352. The molecule has 0 spiro atoms. The molecular weight excluding hydrogens is 253 g/mol. The van der Waals surface area contributed by atoms with Crippen LogP contribution in [-0.4, -0.2) is 7.05 Å². The van der Waals surface area contributed by atoms with Crippen LogP contribution in [-0.2, 0) is 0 Å². The van der Waals surface area contributed by atoms with Gasteiger partial charge in [0.1, 0.15) is 0 Å². The summed E-state index contributed by atoms with van der Waals surface area (Å²) in [6.45, 7) is 4.51. The molecule has 1 nitrogen and oxygen atoms in total. The van der Waals surface area contributed by atoms with Crippen LogP contribution in [0.15, 0.2) is 18.2 Å². The lowest BCUT2D eigenvalue weighted by atomic mass is 9.93. The first kappa shape index (κ1) is 14.8. The zero-order valence-electron chi connectivity index (χ0n) is 10.8. The molecule has 0 fully saturated rings. The van der Waals surface area contributed by atoms with Crippen LogP contribution in [0.2, 0.25) is 10.0 Å². The van der Waals surface area contributed by atoms with Gasteiger partial charge in [-0.3, -0.25) is 0 Å². The molecule has 1 rings (SSSR count). The molecule has 2 atom stereocenters. The first-order valence-electron chi connectivity index (χ1n) is 6.20. The Morgan fingerprint density at radius 3 is 2.53 bits per heavy atom. The van der Waals surface area contributed by atoms with Crippen molar-refractivity contribution < 1.29 is 0 Å². The third-order valence-corrected chi connectivity index (χ3v) is 3.67. The van der Waals surface area contributed by atoms with E-state index >= 15 is 0 Å². The van der Waals surface area contributed by atoms with Gasteiger partial charge in [0.2, 0.25) is 0 Å². The fourth-order valence-corrected chi connectivity index (χ4v) is 2.74. The van der Waals surface area contributed by atoms with Crippen LogP contribution in [0.25, 0.3) is 0 Å². The smallest absolute Gasteiger partial charge is 0.0468 e. The maximum Gasteiger partial charge on any atom is 0.0468 e. The predicted octanol–water partition coefficient (Wildman–Crippen LogP) is 5.08. The van der Waals surface area contributed by atoms with E-state index in [0.717, 1.165) is 17.0 Å². The number of rotatable bonds is 6. The third-order valence-electron chi connectivity index (χ3n) is 3.11. The molecule has 17 heavy (non-hydrogen) atoms. The molecule has 2 unspecified atom stereocenters. The van der Waals surface area contributed by atoms with Crippen LogP contribution in [0, 0.1) is 5.92 Å². The van der Waals surface area contributed by atoms with E-state index in [1.807, 2.05) is 25.2 Å². The first-order chi connectivity index (χ1) is 8.08. The molecule has 0 saturated heterocycles. The van der Waals surface area contributed by atoms with Crippen molar-refractivity contribution >= 4 is 23.2 Å². The van der Waals surface area contributed by atoms with Crippen LogP contribution >= 0.6 is 23.2 Å². The van der Waals surface area contributed by atoms with Gasteiger partial charge in [-0.1, -0.05) is 56.0 Å². The second-order valence-electron chi connectivity index (χ2n) is 4.64. The highest BCUT2D eigenvalue weighted by Crippen LogP contribution is 2.30. The van der Waals surface area contributed by atoms with Gasteiger partial charge in [-0.25, -0.2) is 0 Å². The minimum atomic E-state index is 0.307. The van der Waals surface area contributed by atoms with Crippen LogP contribution in [0.1, 0.15) is 44.7 Å². The molecule has 0 aliphatic heterocycles. The zero-order valence-corrected chi connectivity index (χ0v) is 12.3. The van der Waals surface area contributed by atoms with Crippen LogP contribution < -0.4 is 5.32 Å². The van der Waals surface area contributed by atoms with E-state index in [1.54, 1.807) is 0 Å². The van der Waals surface area contributed by atoms with E-state index in [-0.39, 0.29) is 0 Å². The Kier molecular flexibility index (Phi) is 6.32. The Morgan fingerprint density at radius 1 is 1.29 bits per heavy atom. The highest BCUT2D eigenvalue weighted by atomic mass is 35.5. The summed E-state index contributed by atoms with van der Waals surface area (Å²) in [6.07, 6.45) is 3.58. The maximum atomic E-state index is 6.24. The minimum Gasteiger partial charge on any atom is -0.313 e. The van der Waals surface area contributed by atoms with Crippen LogP contribution in [0.3, 0.4) is 0 Å². The highest BCUT2D eigenvalue weighted by molar-refractivity contribution is 6.35. The van der Waals surface area contributed by atoms with Gasteiger partial charge in [0.25, 0.3) is 0 Å². The SMILES string of the molecule is CCCC(C)CC(NC)c1ccc(Cl)cc1Cl. The third kappa shape index (κ3) is 4.50. The molecule has 1 aromatic rings. The maximum absolute atomic E-state index is 6.24. The van der Waals surface area contributed by atoms with Crippen molar-refractivity contribution in [2.45, 2.75) is 39.2 Å². The van der Waals surface area contributed by atoms with Crippen molar-refractivity contribution in [1.82, 2.24) is 5.32 Å². The number of hydrogen-bond donors (Lipinski definition) is 1. The van der Waals surface area contributed by atoms with E-state index in [9.17, 15) is 0 Å². The summed E-state index contributed by atoms with van der Waals surface area (Å²) in [6, 6.07) is 6.04. The summed E-state index contributed by atoms with van der Waals surface area (Å²) in [5, 5.41) is 4.78. The van der Waals surface area contributed by atoms with Crippen molar-refractivity contribution in [3.63, 3.8) is 0 Å². The molecule has 3 heteroatoms. The summed E-state index contributed by atoms with van der Waals surface area (Å²) in [4.78, 5) is 0. The molecule has 0 aromatic heterocycles. The Morgan fingerprint density at radius 2 is 2.00 bits per heavy atom. The Balaban J connectivity index is 2.79. The predicted molar refractivity (Wildman–Crippen MR) is 77.0 cm³/mol. The van der Waals surface area contributed by atoms with Gasteiger partial charge in [-0.2, -0.15) is 0 Å². The molecule has 1 N–H and O–H groups in total. The van der Waals surface area contributed by atoms with Gasteiger partial charge >= 0.3 is 0 Å². The lowest BCUT2D eigenvalue weighted by Gasteiger charge is -2.21. The van der Waals surface area contributed by atoms with Gasteiger partial charge in [0, 0.05) is 16.1 Å². The standard InChI is InChI=1S/C14H21Cl2N/c1-4-5-10(2)8-14(17-3)12-7-6-11(15)9-13(12)16/h6-7,9-10,14,17H,4-5,8H2,1-3H3. The van der Waals surface area contributed by atoms with E-state index < -0.39 is 0 Å². The second-order valence-corrected chi connectivity index (χ2v) is 5.48. The van der Waals surface area contributed by atoms with Gasteiger partial charge in [0.15, 0.2) is 0 Å². The fraction of sp³-hybridized carbons (Fsp3) is 0.571. The largest absolute Gasteiger partial charge is 0.313 e. The van der Waals surface area contributed by atoms with Gasteiger partial charge < -0.3 is 5.32 Å². The normalized spacial score (nSPS) is 14.6. The molecule has 96 valence electrons. The average molecular weight is 274 g/mol. The molecule has 0 aliphatic rings. The molecule has 0 amide bonds. The van der Waals surface area contributed by atoms with Crippen LogP contribution in [0.5, 0.6) is 0 Å². The zero-order chi connectivity index (χ0) is 12.8. The quantitative estimate of drug-likeness (QED) is 0.762. The van der Waals surface area contributed by atoms with Crippen molar-refractivity contribution in [3.8, 4) is 0 Å². The van der Waals surface area contributed by atoms with Gasteiger partial charge in [-0.15, -0.1) is 0 Å². The van der Waals surface area contributed by atoms with Crippen molar-refractivity contribution in [2.24, 2.45) is 5.92 Å². The fourth-order valence-electron chi connectivity index (χ4n) is 2.20.